The molecule has 1 atom stereocenters. The number of hydrogen-bond donors (Lipinski definition) is 1. The van der Waals surface area contributed by atoms with Crippen LogP contribution < -0.4 is 4.74 Å². The largest absolute Gasteiger partial charge is 0.486 e. The number of hydrogen-bond acceptors (Lipinski definition) is 2. The van der Waals surface area contributed by atoms with E-state index in [1.807, 2.05) is 6.07 Å². The molecular formula is C9H8Cl2O2. The Labute approximate surface area is 86.0 Å². The highest BCUT2D eigenvalue weighted by atomic mass is 35.5. The average Bonchev–Trinajstić information content (AvgIpc) is 2.47. The van der Waals surface area contributed by atoms with E-state index in [1.165, 1.54) is 0 Å². The Kier molecular flexibility index (Phi) is 2.37. The third-order valence-electron chi connectivity index (χ3n) is 2.02. The molecule has 4 heteroatoms. The van der Waals surface area contributed by atoms with Crippen molar-refractivity contribution in [2.75, 3.05) is 6.61 Å². The summed E-state index contributed by atoms with van der Waals surface area (Å²) in [4.78, 5) is 0. The molecule has 0 saturated heterocycles. The second-order valence-corrected chi connectivity index (χ2v) is 3.85. The maximum Gasteiger partial charge on any atom is 0.141 e. The van der Waals surface area contributed by atoms with Gasteiger partial charge in [-0.2, -0.15) is 0 Å². The number of aliphatic hydroxyl groups excluding tert-OH is 1. The lowest BCUT2D eigenvalue weighted by Crippen LogP contribution is -2.17. The molecule has 0 fully saturated rings. The predicted molar refractivity (Wildman–Crippen MR) is 51.7 cm³/mol. The molecule has 1 N–H and O–H groups in total. The van der Waals surface area contributed by atoms with Crippen LogP contribution in [-0.2, 0) is 6.42 Å². The molecule has 1 aromatic rings. The van der Waals surface area contributed by atoms with Gasteiger partial charge in [-0.15, -0.1) is 0 Å². The molecule has 0 bridgehead atoms. The van der Waals surface area contributed by atoms with Crippen molar-refractivity contribution in [3.8, 4) is 5.75 Å². The van der Waals surface area contributed by atoms with Crippen LogP contribution in [0.25, 0.3) is 0 Å². The van der Waals surface area contributed by atoms with Crippen LogP contribution >= 0.6 is 23.2 Å². The average molecular weight is 219 g/mol. The summed E-state index contributed by atoms with van der Waals surface area (Å²) in [7, 11) is 0. The summed E-state index contributed by atoms with van der Waals surface area (Å²) in [6.07, 6.45) is 0.498. The third-order valence-corrected chi connectivity index (χ3v) is 2.52. The fourth-order valence-corrected chi connectivity index (χ4v) is 2.03. The molecule has 2 rings (SSSR count). The van der Waals surface area contributed by atoms with Crippen molar-refractivity contribution in [2.24, 2.45) is 0 Å². The van der Waals surface area contributed by atoms with Crippen LogP contribution in [0.15, 0.2) is 12.1 Å². The molecule has 0 aromatic heterocycles. The minimum Gasteiger partial charge on any atom is -0.486 e. The summed E-state index contributed by atoms with van der Waals surface area (Å²) < 4.78 is 5.40. The summed E-state index contributed by atoms with van der Waals surface area (Å²) >= 11 is 11.7. The van der Waals surface area contributed by atoms with E-state index in [9.17, 15) is 0 Å². The topological polar surface area (TPSA) is 29.5 Å². The van der Waals surface area contributed by atoms with Crippen molar-refractivity contribution >= 4 is 23.2 Å². The molecule has 13 heavy (non-hydrogen) atoms. The van der Waals surface area contributed by atoms with Crippen LogP contribution in [0.3, 0.4) is 0 Å². The Morgan fingerprint density at radius 1 is 1.46 bits per heavy atom. The van der Waals surface area contributed by atoms with Crippen LogP contribution in [0.4, 0.5) is 0 Å². The molecule has 1 heterocycles. The Morgan fingerprint density at radius 3 is 2.92 bits per heavy atom. The van der Waals surface area contributed by atoms with Crippen LogP contribution in [0.1, 0.15) is 5.56 Å². The van der Waals surface area contributed by atoms with Crippen LogP contribution in [0.2, 0.25) is 10.0 Å². The number of fused-ring (bicyclic) bond motifs is 1. The summed E-state index contributed by atoms with van der Waals surface area (Å²) in [5.41, 5.74) is 0.969. The maximum absolute atomic E-state index is 8.90. The van der Waals surface area contributed by atoms with E-state index in [0.29, 0.717) is 22.2 Å². The minimum atomic E-state index is -0.175. The fourth-order valence-electron chi connectivity index (χ4n) is 1.45. The molecule has 1 aliphatic rings. The van der Waals surface area contributed by atoms with E-state index in [2.05, 4.69) is 0 Å². The molecule has 0 amide bonds. The summed E-state index contributed by atoms with van der Waals surface area (Å²) in [5.74, 6) is 0.658. The van der Waals surface area contributed by atoms with Crippen molar-refractivity contribution in [3.63, 3.8) is 0 Å². The summed E-state index contributed by atoms with van der Waals surface area (Å²) in [6, 6.07) is 3.46. The highest BCUT2D eigenvalue weighted by molar-refractivity contribution is 6.35. The SMILES string of the molecule is OCC1Cc2cc(Cl)cc(Cl)c2O1. The number of aliphatic hydroxyl groups is 1. The van der Waals surface area contributed by atoms with Gasteiger partial charge in [0.05, 0.1) is 11.6 Å². The molecule has 0 spiro atoms. The number of rotatable bonds is 1. The van der Waals surface area contributed by atoms with Crippen molar-refractivity contribution in [1.29, 1.82) is 0 Å². The van der Waals surface area contributed by atoms with Gasteiger partial charge in [0.2, 0.25) is 0 Å². The van der Waals surface area contributed by atoms with Crippen molar-refractivity contribution < 1.29 is 9.84 Å². The Bertz CT molecular complexity index is 339. The highest BCUT2D eigenvalue weighted by Crippen LogP contribution is 2.37. The lowest BCUT2D eigenvalue weighted by atomic mass is 10.1. The van der Waals surface area contributed by atoms with Crippen molar-refractivity contribution in [1.82, 2.24) is 0 Å². The summed E-state index contributed by atoms with van der Waals surface area (Å²) in [5, 5.41) is 10.0. The minimum absolute atomic E-state index is 0.00261. The van der Waals surface area contributed by atoms with Gasteiger partial charge in [-0.05, 0) is 12.1 Å². The third kappa shape index (κ3) is 1.62. The fraction of sp³-hybridized carbons (Fsp3) is 0.333. The second kappa shape index (κ2) is 3.37. The normalized spacial score (nSPS) is 19.8. The van der Waals surface area contributed by atoms with Crippen LogP contribution in [-0.4, -0.2) is 17.8 Å². The lowest BCUT2D eigenvalue weighted by molar-refractivity contribution is 0.134. The molecule has 0 radical (unpaired) electrons. The van der Waals surface area contributed by atoms with E-state index in [4.69, 9.17) is 33.0 Å². The second-order valence-electron chi connectivity index (χ2n) is 3.00. The Morgan fingerprint density at radius 2 is 2.23 bits per heavy atom. The number of benzene rings is 1. The lowest BCUT2D eigenvalue weighted by Gasteiger charge is -2.06. The van der Waals surface area contributed by atoms with Crippen molar-refractivity contribution in [2.45, 2.75) is 12.5 Å². The zero-order chi connectivity index (χ0) is 9.42. The first-order chi connectivity index (χ1) is 6.20. The van der Waals surface area contributed by atoms with Crippen molar-refractivity contribution in [3.05, 3.63) is 27.7 Å². The van der Waals surface area contributed by atoms with E-state index < -0.39 is 0 Å². The molecular weight excluding hydrogens is 211 g/mol. The quantitative estimate of drug-likeness (QED) is 0.785. The first-order valence-corrected chi connectivity index (χ1v) is 4.71. The van der Waals surface area contributed by atoms with Gasteiger partial charge in [-0.3, -0.25) is 0 Å². The Balaban J connectivity index is 2.40. The predicted octanol–water partition coefficient (Wildman–Crippen LogP) is 2.29. The monoisotopic (exact) mass is 218 g/mol. The smallest absolute Gasteiger partial charge is 0.141 e. The van der Waals surface area contributed by atoms with Gasteiger partial charge in [-0.25, -0.2) is 0 Å². The van der Waals surface area contributed by atoms with Gasteiger partial charge >= 0.3 is 0 Å². The van der Waals surface area contributed by atoms with Gasteiger partial charge in [-0.1, -0.05) is 23.2 Å². The first kappa shape index (κ1) is 9.13. The highest BCUT2D eigenvalue weighted by Gasteiger charge is 2.24. The summed E-state index contributed by atoms with van der Waals surface area (Å²) in [6.45, 7) is 0.00261. The molecule has 1 aromatic carbocycles. The molecule has 2 nitrogen and oxygen atoms in total. The molecule has 0 saturated carbocycles. The van der Waals surface area contributed by atoms with E-state index in [-0.39, 0.29) is 12.7 Å². The standard InChI is InChI=1S/C9H8Cl2O2/c10-6-1-5-2-7(4-12)13-9(5)8(11)3-6/h1,3,7,12H,2,4H2. The Hall–Kier alpha value is -0.440. The number of ether oxygens (including phenoxy) is 1. The van der Waals surface area contributed by atoms with Gasteiger partial charge in [0.25, 0.3) is 0 Å². The van der Waals surface area contributed by atoms with E-state index >= 15 is 0 Å². The van der Waals surface area contributed by atoms with Crippen LogP contribution in [0, 0.1) is 0 Å². The van der Waals surface area contributed by atoms with Gasteiger partial charge in [0, 0.05) is 17.0 Å². The van der Waals surface area contributed by atoms with Gasteiger partial charge in [0.1, 0.15) is 11.9 Å². The first-order valence-electron chi connectivity index (χ1n) is 3.96. The molecule has 1 unspecified atom stereocenters. The van der Waals surface area contributed by atoms with Crippen LogP contribution in [0.5, 0.6) is 5.75 Å². The van der Waals surface area contributed by atoms with Gasteiger partial charge < -0.3 is 9.84 Å². The van der Waals surface area contributed by atoms with E-state index in [0.717, 1.165) is 5.56 Å². The zero-order valence-electron chi connectivity index (χ0n) is 6.76. The molecule has 1 aliphatic heterocycles. The number of halogens is 2. The molecule has 0 aliphatic carbocycles. The van der Waals surface area contributed by atoms with E-state index in [1.54, 1.807) is 6.07 Å². The maximum atomic E-state index is 8.90. The zero-order valence-corrected chi connectivity index (χ0v) is 8.27. The van der Waals surface area contributed by atoms with Gasteiger partial charge in [0.15, 0.2) is 0 Å². The molecule has 70 valence electrons.